The van der Waals surface area contributed by atoms with Crippen LogP contribution in [-0.2, 0) is 12.6 Å². The Morgan fingerprint density at radius 1 is 1.09 bits per heavy atom. The number of nitriles is 1. The molecule has 1 aliphatic heterocycles. The molecule has 5 aromatic rings. The van der Waals surface area contributed by atoms with Gasteiger partial charge in [0.05, 0.1) is 34.8 Å². The predicted octanol–water partition coefficient (Wildman–Crippen LogP) is 5.31. The van der Waals surface area contributed by atoms with Gasteiger partial charge in [-0.3, -0.25) is 0 Å². The topological polar surface area (TPSA) is 108 Å². The van der Waals surface area contributed by atoms with Crippen molar-refractivity contribution in [1.82, 2.24) is 35.0 Å². The zero-order valence-electron chi connectivity index (χ0n) is 24.2. The van der Waals surface area contributed by atoms with Gasteiger partial charge >= 0.3 is 6.18 Å². The van der Waals surface area contributed by atoms with E-state index in [9.17, 15) is 18.4 Å². The van der Waals surface area contributed by atoms with E-state index in [2.05, 4.69) is 32.2 Å². The molecule has 0 saturated carbocycles. The summed E-state index contributed by atoms with van der Waals surface area (Å²) in [5, 5.41) is 28.5. The van der Waals surface area contributed by atoms with Crippen LogP contribution in [0.1, 0.15) is 30.0 Å². The van der Waals surface area contributed by atoms with Crippen molar-refractivity contribution in [3.8, 4) is 34.1 Å². The molecular formula is C32H32F3N9. The first-order chi connectivity index (χ1) is 21.4. The molecule has 1 saturated heterocycles. The fourth-order valence-corrected chi connectivity index (χ4v) is 5.47. The van der Waals surface area contributed by atoms with E-state index in [1.807, 2.05) is 31.3 Å². The van der Waals surface area contributed by atoms with E-state index < -0.39 is 11.7 Å². The maximum atomic E-state index is 13.8. The molecule has 0 aliphatic carbocycles. The van der Waals surface area contributed by atoms with Gasteiger partial charge in [-0.15, -0.1) is 5.10 Å². The van der Waals surface area contributed by atoms with E-state index in [1.54, 1.807) is 33.6 Å². The normalized spacial score (nSPS) is 13.6. The van der Waals surface area contributed by atoms with Crippen molar-refractivity contribution in [2.24, 2.45) is 5.92 Å². The lowest BCUT2D eigenvalue weighted by molar-refractivity contribution is -0.137. The number of nitrogens with one attached hydrogen (secondary N) is 3. The molecule has 44 heavy (non-hydrogen) atoms. The minimum atomic E-state index is -4.49. The molecule has 9 nitrogen and oxygen atoms in total. The van der Waals surface area contributed by atoms with Gasteiger partial charge in [0.15, 0.2) is 5.65 Å². The van der Waals surface area contributed by atoms with Crippen LogP contribution in [0.4, 0.5) is 19.1 Å². The molecular weight excluding hydrogens is 567 g/mol. The highest BCUT2D eigenvalue weighted by atomic mass is 19.4. The zero-order chi connectivity index (χ0) is 30.7. The Balaban J connectivity index is 1.40. The lowest BCUT2D eigenvalue weighted by atomic mass is 9.93. The molecule has 3 N–H and O–H groups in total. The number of aromatic nitrogens is 5. The van der Waals surface area contributed by atoms with Crippen LogP contribution in [0.3, 0.4) is 0 Å². The second-order valence-electron chi connectivity index (χ2n) is 10.8. The Bertz CT molecular complexity index is 1790. The number of halogens is 3. The molecule has 0 amide bonds. The first kappa shape index (κ1) is 29.3. The summed E-state index contributed by atoms with van der Waals surface area (Å²) in [5.41, 5.74) is 4.31. The minimum Gasteiger partial charge on any atom is -0.353 e. The number of hydrogen-bond donors (Lipinski definition) is 3. The Kier molecular flexibility index (Phi) is 8.32. The third-order valence-electron chi connectivity index (χ3n) is 7.84. The summed E-state index contributed by atoms with van der Waals surface area (Å²) in [6, 6.07) is 16.4. The smallest absolute Gasteiger partial charge is 0.353 e. The summed E-state index contributed by atoms with van der Waals surface area (Å²) in [5.74, 6) is 1.09. The Morgan fingerprint density at radius 2 is 1.91 bits per heavy atom. The van der Waals surface area contributed by atoms with Crippen LogP contribution in [0.5, 0.6) is 0 Å². The van der Waals surface area contributed by atoms with E-state index in [0.29, 0.717) is 47.2 Å². The standard InChI is InChI=1S/C32H32F3N9/c1-2-26-27(28-11-14-40-44(28)25-9-7-21(16-36)8-10-25)20-43-30(29(26)23-5-3-6-24(15-23)32(33,34)35)41-31(42-43)39-13-4-12-37-17-22-18-38-19-22/h3,5-11,14-15,20,22,37-38H,2,4,12-13,17-19H2,1H3,(H,39,42). The lowest BCUT2D eigenvalue weighted by Crippen LogP contribution is -2.47. The Hall–Kier alpha value is -4.73. The van der Waals surface area contributed by atoms with Gasteiger partial charge in [-0.2, -0.15) is 28.5 Å². The number of rotatable bonds is 11. The number of anilines is 1. The van der Waals surface area contributed by atoms with E-state index in [-0.39, 0.29) is 0 Å². The van der Waals surface area contributed by atoms with Crippen LogP contribution in [0.25, 0.3) is 33.7 Å². The van der Waals surface area contributed by atoms with E-state index in [4.69, 9.17) is 4.98 Å². The number of fused-ring (bicyclic) bond motifs is 1. The highest BCUT2D eigenvalue weighted by molar-refractivity contribution is 5.87. The predicted molar refractivity (Wildman–Crippen MR) is 162 cm³/mol. The molecule has 2 aromatic carbocycles. The molecule has 0 spiro atoms. The third kappa shape index (κ3) is 6.02. The number of hydrogen-bond acceptors (Lipinski definition) is 7. The highest BCUT2D eigenvalue weighted by Crippen LogP contribution is 2.39. The lowest BCUT2D eigenvalue weighted by Gasteiger charge is -2.27. The van der Waals surface area contributed by atoms with Crippen molar-refractivity contribution in [2.45, 2.75) is 25.9 Å². The van der Waals surface area contributed by atoms with Crippen molar-refractivity contribution in [3.63, 3.8) is 0 Å². The number of benzene rings is 2. The summed E-state index contributed by atoms with van der Waals surface area (Å²) >= 11 is 0. The first-order valence-corrected chi connectivity index (χ1v) is 14.7. The summed E-state index contributed by atoms with van der Waals surface area (Å²) < 4.78 is 44.8. The largest absolute Gasteiger partial charge is 0.416 e. The average molecular weight is 600 g/mol. The molecule has 1 fully saturated rings. The molecule has 12 heteroatoms. The van der Waals surface area contributed by atoms with Gasteiger partial charge in [-0.1, -0.05) is 19.1 Å². The fourth-order valence-electron chi connectivity index (χ4n) is 5.47. The number of pyridine rings is 1. The average Bonchev–Trinajstić information content (AvgIpc) is 3.65. The molecule has 0 unspecified atom stereocenters. The molecule has 0 bridgehead atoms. The maximum Gasteiger partial charge on any atom is 0.416 e. The van der Waals surface area contributed by atoms with Gasteiger partial charge in [0.25, 0.3) is 0 Å². The number of alkyl halides is 3. The third-order valence-corrected chi connectivity index (χ3v) is 7.84. The maximum absolute atomic E-state index is 13.8. The van der Waals surface area contributed by atoms with Crippen molar-refractivity contribution in [3.05, 3.63) is 83.7 Å². The van der Waals surface area contributed by atoms with Crippen LogP contribution in [0, 0.1) is 17.2 Å². The monoisotopic (exact) mass is 599 g/mol. The molecule has 226 valence electrons. The van der Waals surface area contributed by atoms with E-state index in [1.165, 1.54) is 12.1 Å². The van der Waals surface area contributed by atoms with Gasteiger partial charge in [-0.05, 0) is 78.9 Å². The summed E-state index contributed by atoms with van der Waals surface area (Å²) in [4.78, 5) is 4.76. The van der Waals surface area contributed by atoms with Crippen LogP contribution in [0.15, 0.2) is 67.0 Å². The molecule has 0 radical (unpaired) electrons. The number of nitrogens with zero attached hydrogens (tertiary/aromatic N) is 6. The Labute approximate surface area is 252 Å². The summed E-state index contributed by atoms with van der Waals surface area (Å²) in [6.45, 7) is 6.57. The van der Waals surface area contributed by atoms with Gasteiger partial charge in [0.2, 0.25) is 5.95 Å². The second-order valence-corrected chi connectivity index (χ2v) is 10.8. The summed E-state index contributed by atoms with van der Waals surface area (Å²) in [6.07, 6.45) is 0.424. The van der Waals surface area contributed by atoms with E-state index in [0.717, 1.165) is 61.2 Å². The van der Waals surface area contributed by atoms with Gasteiger partial charge in [0, 0.05) is 43.5 Å². The molecule has 6 rings (SSSR count). The van der Waals surface area contributed by atoms with Crippen molar-refractivity contribution in [2.75, 3.05) is 38.0 Å². The van der Waals surface area contributed by atoms with Crippen molar-refractivity contribution >= 4 is 11.6 Å². The molecule has 0 atom stereocenters. The molecule has 1 aliphatic rings. The molecule has 3 aromatic heterocycles. The van der Waals surface area contributed by atoms with Gasteiger partial charge < -0.3 is 16.0 Å². The van der Waals surface area contributed by atoms with Crippen LogP contribution in [0.2, 0.25) is 0 Å². The van der Waals surface area contributed by atoms with Crippen LogP contribution >= 0.6 is 0 Å². The van der Waals surface area contributed by atoms with Crippen molar-refractivity contribution < 1.29 is 13.2 Å². The fraction of sp³-hybridized carbons (Fsp3) is 0.312. The highest BCUT2D eigenvalue weighted by Gasteiger charge is 2.31. The van der Waals surface area contributed by atoms with Gasteiger partial charge in [-0.25, -0.2) is 9.20 Å². The van der Waals surface area contributed by atoms with Gasteiger partial charge in [0.1, 0.15) is 0 Å². The second kappa shape index (κ2) is 12.5. The first-order valence-electron chi connectivity index (χ1n) is 14.7. The summed E-state index contributed by atoms with van der Waals surface area (Å²) in [7, 11) is 0. The Morgan fingerprint density at radius 3 is 2.61 bits per heavy atom. The van der Waals surface area contributed by atoms with Crippen LogP contribution in [-0.4, -0.2) is 57.1 Å². The van der Waals surface area contributed by atoms with Crippen molar-refractivity contribution in [1.29, 1.82) is 5.26 Å². The zero-order valence-corrected chi connectivity index (χ0v) is 24.2. The molecule has 4 heterocycles. The van der Waals surface area contributed by atoms with Crippen LogP contribution < -0.4 is 16.0 Å². The SMILES string of the molecule is CCc1c(-c2ccnn2-c2ccc(C#N)cc2)cn2nc(NCCCNCC3CNC3)nc2c1-c1cccc(C(F)(F)F)c1. The quantitative estimate of drug-likeness (QED) is 0.177. The minimum absolute atomic E-state index is 0.404. The van der Waals surface area contributed by atoms with E-state index >= 15 is 0 Å².